The van der Waals surface area contributed by atoms with Crippen LogP contribution >= 0.6 is 11.3 Å². The number of aliphatic hydroxyl groups excluding tert-OH is 1. The topological polar surface area (TPSA) is 36.4 Å². The average Bonchev–Trinajstić information content (AvgIpc) is 2.85. The fourth-order valence-electron chi connectivity index (χ4n) is 1.85. The molecule has 0 saturated carbocycles. The van der Waals surface area contributed by atoms with E-state index in [2.05, 4.69) is 41.1 Å². The van der Waals surface area contributed by atoms with Gasteiger partial charge in [-0.1, -0.05) is 29.8 Å². The quantitative estimate of drug-likeness (QED) is 0.868. The van der Waals surface area contributed by atoms with Crippen molar-refractivity contribution in [2.75, 3.05) is 13.2 Å². The molecule has 3 nitrogen and oxygen atoms in total. The Kier molecular flexibility index (Phi) is 4.87. The summed E-state index contributed by atoms with van der Waals surface area (Å²) in [5.74, 6) is 0. The molecule has 0 atom stereocenters. The number of thiazole rings is 1. The molecule has 0 radical (unpaired) electrons. The second-order valence-electron chi connectivity index (χ2n) is 4.39. The predicted octanol–water partition coefficient (Wildman–Crippen LogP) is 2.45. The number of aromatic nitrogens is 1. The van der Waals surface area contributed by atoms with Crippen molar-refractivity contribution in [1.29, 1.82) is 0 Å². The minimum Gasteiger partial charge on any atom is -0.395 e. The molecule has 0 aliphatic rings. The fraction of sp³-hybridized carbons (Fsp3) is 0.357. The van der Waals surface area contributed by atoms with E-state index in [0.717, 1.165) is 13.1 Å². The van der Waals surface area contributed by atoms with E-state index in [4.69, 9.17) is 5.11 Å². The fourth-order valence-corrected chi connectivity index (χ4v) is 2.48. The molecule has 0 bridgehead atoms. The largest absolute Gasteiger partial charge is 0.395 e. The number of aryl methyl sites for hydroxylation is 1. The van der Waals surface area contributed by atoms with Crippen LogP contribution in [-0.4, -0.2) is 28.1 Å². The monoisotopic (exact) mass is 262 g/mol. The Labute approximate surface area is 112 Å². The summed E-state index contributed by atoms with van der Waals surface area (Å²) < 4.78 is 0. The van der Waals surface area contributed by atoms with Gasteiger partial charge in [0, 0.05) is 30.7 Å². The smallest absolute Gasteiger partial charge is 0.0794 e. The molecular weight excluding hydrogens is 244 g/mol. The Bertz CT molecular complexity index is 453. The van der Waals surface area contributed by atoms with E-state index in [9.17, 15) is 0 Å². The molecule has 0 aliphatic carbocycles. The van der Waals surface area contributed by atoms with E-state index in [1.165, 1.54) is 16.0 Å². The number of aliphatic hydroxyl groups is 1. The third-order valence-corrected chi connectivity index (χ3v) is 3.57. The summed E-state index contributed by atoms with van der Waals surface area (Å²) >= 11 is 1.66. The van der Waals surface area contributed by atoms with Gasteiger partial charge in [-0.3, -0.25) is 9.88 Å². The van der Waals surface area contributed by atoms with Gasteiger partial charge >= 0.3 is 0 Å². The van der Waals surface area contributed by atoms with E-state index in [0.29, 0.717) is 6.54 Å². The first-order valence-corrected chi connectivity index (χ1v) is 6.92. The van der Waals surface area contributed by atoms with Crippen LogP contribution in [0.25, 0.3) is 0 Å². The molecule has 0 aliphatic heterocycles. The second-order valence-corrected chi connectivity index (χ2v) is 5.36. The summed E-state index contributed by atoms with van der Waals surface area (Å²) in [6.07, 6.45) is 1.89. The predicted molar refractivity (Wildman–Crippen MR) is 74.5 cm³/mol. The molecule has 2 rings (SSSR count). The molecule has 96 valence electrons. The number of rotatable bonds is 6. The van der Waals surface area contributed by atoms with Gasteiger partial charge in [-0.15, -0.1) is 11.3 Å². The molecular formula is C14H18N2OS. The van der Waals surface area contributed by atoms with Crippen LogP contribution in [0.3, 0.4) is 0 Å². The zero-order valence-corrected chi connectivity index (χ0v) is 11.4. The summed E-state index contributed by atoms with van der Waals surface area (Å²) in [6, 6.07) is 8.54. The Balaban J connectivity index is 1.99. The van der Waals surface area contributed by atoms with Crippen molar-refractivity contribution < 1.29 is 5.11 Å². The summed E-state index contributed by atoms with van der Waals surface area (Å²) in [4.78, 5) is 7.55. The van der Waals surface area contributed by atoms with Gasteiger partial charge in [0.25, 0.3) is 0 Å². The first-order valence-electron chi connectivity index (χ1n) is 6.04. The highest BCUT2D eigenvalue weighted by Crippen LogP contribution is 2.13. The Morgan fingerprint density at radius 1 is 1.22 bits per heavy atom. The van der Waals surface area contributed by atoms with Crippen molar-refractivity contribution in [2.24, 2.45) is 0 Å². The molecule has 1 aromatic carbocycles. The number of hydrogen-bond acceptors (Lipinski definition) is 4. The molecule has 0 amide bonds. The zero-order chi connectivity index (χ0) is 12.8. The van der Waals surface area contributed by atoms with Gasteiger partial charge in [0.15, 0.2) is 0 Å². The van der Waals surface area contributed by atoms with Gasteiger partial charge in [0.2, 0.25) is 0 Å². The molecule has 18 heavy (non-hydrogen) atoms. The summed E-state index contributed by atoms with van der Waals surface area (Å²) in [7, 11) is 0. The summed E-state index contributed by atoms with van der Waals surface area (Å²) in [5, 5.41) is 9.13. The van der Waals surface area contributed by atoms with E-state index in [1.807, 2.05) is 11.7 Å². The maximum absolute atomic E-state index is 9.13. The van der Waals surface area contributed by atoms with Crippen LogP contribution in [0.2, 0.25) is 0 Å². The molecule has 1 N–H and O–H groups in total. The second kappa shape index (κ2) is 6.64. The number of benzene rings is 1. The highest BCUT2D eigenvalue weighted by Gasteiger charge is 2.07. The lowest BCUT2D eigenvalue weighted by molar-refractivity contribution is 0.185. The molecule has 2 aromatic rings. The summed E-state index contributed by atoms with van der Waals surface area (Å²) in [6.45, 7) is 4.67. The van der Waals surface area contributed by atoms with E-state index in [1.54, 1.807) is 11.3 Å². The molecule has 4 heteroatoms. The van der Waals surface area contributed by atoms with Crippen LogP contribution in [0.5, 0.6) is 0 Å². The number of nitrogens with zero attached hydrogens (tertiary/aromatic N) is 2. The minimum absolute atomic E-state index is 0.185. The molecule has 1 aromatic heterocycles. The third kappa shape index (κ3) is 3.91. The van der Waals surface area contributed by atoms with Crippen molar-refractivity contribution in [1.82, 2.24) is 9.88 Å². The Hall–Kier alpha value is -1.23. The van der Waals surface area contributed by atoms with Gasteiger partial charge in [0.05, 0.1) is 12.1 Å². The first kappa shape index (κ1) is 13.2. The lowest BCUT2D eigenvalue weighted by Crippen LogP contribution is -2.25. The van der Waals surface area contributed by atoms with E-state index < -0.39 is 0 Å². The van der Waals surface area contributed by atoms with Crippen LogP contribution in [0.4, 0.5) is 0 Å². The highest BCUT2D eigenvalue weighted by atomic mass is 32.1. The van der Waals surface area contributed by atoms with Crippen molar-refractivity contribution in [3.8, 4) is 0 Å². The van der Waals surface area contributed by atoms with Gasteiger partial charge in [0.1, 0.15) is 0 Å². The lowest BCUT2D eigenvalue weighted by atomic mass is 10.1. The van der Waals surface area contributed by atoms with Crippen molar-refractivity contribution in [3.05, 3.63) is 52.0 Å². The third-order valence-electron chi connectivity index (χ3n) is 2.81. The van der Waals surface area contributed by atoms with E-state index >= 15 is 0 Å². The highest BCUT2D eigenvalue weighted by molar-refractivity contribution is 7.09. The Morgan fingerprint density at radius 3 is 2.61 bits per heavy atom. The number of hydrogen-bond donors (Lipinski definition) is 1. The normalized spacial score (nSPS) is 11.1. The standard InChI is InChI=1S/C14H18N2OS/c1-12-2-4-13(5-3-12)9-16(6-7-17)10-14-8-15-11-18-14/h2-5,8,11,17H,6-7,9-10H2,1H3. The lowest BCUT2D eigenvalue weighted by Gasteiger charge is -2.20. The average molecular weight is 262 g/mol. The van der Waals surface area contributed by atoms with Crippen LogP contribution in [0.1, 0.15) is 16.0 Å². The molecule has 1 heterocycles. The van der Waals surface area contributed by atoms with Crippen molar-refractivity contribution in [3.63, 3.8) is 0 Å². The maximum Gasteiger partial charge on any atom is 0.0794 e. The van der Waals surface area contributed by atoms with E-state index in [-0.39, 0.29) is 6.61 Å². The molecule has 0 unspecified atom stereocenters. The van der Waals surface area contributed by atoms with Gasteiger partial charge in [-0.2, -0.15) is 0 Å². The first-order chi connectivity index (χ1) is 8.78. The molecule has 0 spiro atoms. The molecule has 0 fully saturated rings. The van der Waals surface area contributed by atoms with Crippen LogP contribution in [0, 0.1) is 6.92 Å². The van der Waals surface area contributed by atoms with Gasteiger partial charge in [-0.05, 0) is 12.5 Å². The van der Waals surface area contributed by atoms with Gasteiger partial charge in [-0.25, -0.2) is 0 Å². The maximum atomic E-state index is 9.13. The van der Waals surface area contributed by atoms with Gasteiger partial charge < -0.3 is 5.11 Å². The van der Waals surface area contributed by atoms with Crippen molar-refractivity contribution >= 4 is 11.3 Å². The zero-order valence-electron chi connectivity index (χ0n) is 10.5. The van der Waals surface area contributed by atoms with Crippen LogP contribution in [0.15, 0.2) is 36.0 Å². The summed E-state index contributed by atoms with van der Waals surface area (Å²) in [5.41, 5.74) is 4.40. The SMILES string of the molecule is Cc1ccc(CN(CCO)Cc2cncs2)cc1. The van der Waals surface area contributed by atoms with Crippen molar-refractivity contribution in [2.45, 2.75) is 20.0 Å². The van der Waals surface area contributed by atoms with Crippen LogP contribution < -0.4 is 0 Å². The minimum atomic E-state index is 0.185. The van der Waals surface area contributed by atoms with Crippen LogP contribution in [-0.2, 0) is 13.1 Å². The Morgan fingerprint density at radius 2 is 2.00 bits per heavy atom. The molecule has 0 saturated heterocycles.